The summed E-state index contributed by atoms with van der Waals surface area (Å²) in [4.78, 5) is 15.0. The molecule has 1 N–H and O–H groups in total. The zero-order chi connectivity index (χ0) is 13.7. The minimum atomic E-state index is -0.0149. The van der Waals surface area contributed by atoms with Gasteiger partial charge in [0.15, 0.2) is 0 Å². The molecule has 0 saturated carbocycles. The van der Waals surface area contributed by atoms with E-state index >= 15 is 0 Å². The lowest BCUT2D eigenvalue weighted by Gasteiger charge is -2.23. The summed E-state index contributed by atoms with van der Waals surface area (Å²) in [6.07, 6.45) is 1.05. The Labute approximate surface area is 122 Å². The number of carbonyl (C=O) groups excluding carboxylic acids is 1. The monoisotopic (exact) mass is 302 g/mol. The van der Waals surface area contributed by atoms with Crippen LogP contribution in [0, 0.1) is 5.92 Å². The second kappa shape index (κ2) is 7.12. The number of halogens is 1. The predicted octanol–water partition coefficient (Wildman–Crippen LogP) is 2.97. The first-order valence-corrected chi connectivity index (χ1v) is 7.73. The van der Waals surface area contributed by atoms with Crippen LogP contribution in [0.2, 0.25) is 4.34 Å². The molecule has 2 amide bonds. The van der Waals surface area contributed by atoms with Gasteiger partial charge >= 0.3 is 6.03 Å². The molecule has 19 heavy (non-hydrogen) atoms. The minimum absolute atomic E-state index is 0.0149. The van der Waals surface area contributed by atoms with Gasteiger partial charge in [0.05, 0.1) is 17.5 Å². The Morgan fingerprint density at radius 2 is 2.47 bits per heavy atom. The van der Waals surface area contributed by atoms with E-state index in [-0.39, 0.29) is 6.03 Å². The number of amides is 2. The van der Waals surface area contributed by atoms with E-state index in [0.29, 0.717) is 19.0 Å². The molecular weight excluding hydrogens is 284 g/mol. The summed E-state index contributed by atoms with van der Waals surface area (Å²) < 4.78 is 6.09. The molecule has 1 aromatic rings. The molecule has 2 rings (SSSR count). The molecule has 0 spiro atoms. The molecule has 1 atom stereocenters. The van der Waals surface area contributed by atoms with Gasteiger partial charge in [-0.2, -0.15) is 0 Å². The van der Waals surface area contributed by atoms with E-state index in [1.807, 2.05) is 24.0 Å². The summed E-state index contributed by atoms with van der Waals surface area (Å²) in [7, 11) is 0. The fourth-order valence-corrected chi connectivity index (χ4v) is 3.14. The molecule has 4 nitrogen and oxygen atoms in total. The van der Waals surface area contributed by atoms with Crippen molar-refractivity contribution in [3.8, 4) is 0 Å². The highest BCUT2D eigenvalue weighted by molar-refractivity contribution is 7.16. The van der Waals surface area contributed by atoms with Crippen LogP contribution in [-0.2, 0) is 11.3 Å². The number of nitrogens with zero attached hydrogens (tertiary/aromatic N) is 1. The number of hydrogen-bond donors (Lipinski definition) is 1. The zero-order valence-electron chi connectivity index (χ0n) is 11.0. The smallest absolute Gasteiger partial charge is 0.317 e. The summed E-state index contributed by atoms with van der Waals surface area (Å²) in [5.74, 6) is 0.474. The van der Waals surface area contributed by atoms with Crippen LogP contribution < -0.4 is 5.32 Å². The molecule has 0 bridgehead atoms. The molecule has 0 unspecified atom stereocenters. The highest BCUT2D eigenvalue weighted by atomic mass is 35.5. The summed E-state index contributed by atoms with van der Waals surface area (Å²) in [6.45, 7) is 5.61. The van der Waals surface area contributed by atoms with E-state index < -0.39 is 0 Å². The molecule has 106 valence electrons. The highest BCUT2D eigenvalue weighted by Gasteiger charge is 2.21. The third kappa shape index (κ3) is 4.37. The van der Waals surface area contributed by atoms with Crippen LogP contribution >= 0.6 is 22.9 Å². The van der Waals surface area contributed by atoms with Gasteiger partial charge in [-0.1, -0.05) is 11.6 Å². The van der Waals surface area contributed by atoms with E-state index in [9.17, 15) is 4.79 Å². The molecule has 1 saturated heterocycles. The summed E-state index contributed by atoms with van der Waals surface area (Å²) in [6, 6.07) is 3.77. The fourth-order valence-electron chi connectivity index (χ4n) is 2.12. The van der Waals surface area contributed by atoms with Crippen molar-refractivity contribution in [3.05, 3.63) is 21.3 Å². The first kappa shape index (κ1) is 14.6. The zero-order valence-corrected chi connectivity index (χ0v) is 12.6. The van der Waals surface area contributed by atoms with Crippen molar-refractivity contribution in [1.82, 2.24) is 10.2 Å². The van der Waals surface area contributed by atoms with Gasteiger partial charge in [0, 0.05) is 30.5 Å². The van der Waals surface area contributed by atoms with Gasteiger partial charge in [-0.15, -0.1) is 11.3 Å². The number of carbonyl (C=O) groups is 1. The van der Waals surface area contributed by atoms with Crippen molar-refractivity contribution in [2.75, 3.05) is 26.3 Å². The van der Waals surface area contributed by atoms with Gasteiger partial charge in [-0.05, 0) is 25.5 Å². The molecule has 1 aliphatic heterocycles. The van der Waals surface area contributed by atoms with Crippen molar-refractivity contribution >= 4 is 29.0 Å². The summed E-state index contributed by atoms with van der Waals surface area (Å²) in [5.41, 5.74) is 0. The molecule has 1 aromatic heterocycles. The van der Waals surface area contributed by atoms with Crippen LogP contribution in [-0.4, -0.2) is 37.2 Å². The molecular formula is C13H19ClN2O2S. The second-order valence-electron chi connectivity index (χ2n) is 4.63. The van der Waals surface area contributed by atoms with Gasteiger partial charge in [0.25, 0.3) is 0 Å². The lowest BCUT2D eigenvalue weighted by Crippen LogP contribution is -2.42. The summed E-state index contributed by atoms with van der Waals surface area (Å²) in [5, 5.41) is 2.94. The number of thiophene rings is 1. The fraction of sp³-hybridized carbons (Fsp3) is 0.615. The molecule has 0 radical (unpaired) electrons. The number of urea groups is 1. The minimum Gasteiger partial charge on any atom is -0.381 e. The average molecular weight is 303 g/mol. The Balaban J connectivity index is 1.79. The number of rotatable bonds is 5. The van der Waals surface area contributed by atoms with E-state index in [2.05, 4.69) is 5.32 Å². The Bertz CT molecular complexity index is 419. The lowest BCUT2D eigenvalue weighted by atomic mass is 10.1. The number of ether oxygens (including phenoxy) is 1. The Morgan fingerprint density at radius 3 is 3.05 bits per heavy atom. The molecule has 2 heterocycles. The normalized spacial score (nSPS) is 18.5. The van der Waals surface area contributed by atoms with Gasteiger partial charge in [0.2, 0.25) is 0 Å². The van der Waals surface area contributed by atoms with Gasteiger partial charge in [-0.25, -0.2) is 4.79 Å². The largest absolute Gasteiger partial charge is 0.381 e. The van der Waals surface area contributed by atoms with Gasteiger partial charge in [-0.3, -0.25) is 0 Å². The number of nitrogens with one attached hydrogen (secondary N) is 1. The van der Waals surface area contributed by atoms with Crippen LogP contribution in [0.5, 0.6) is 0 Å². The van der Waals surface area contributed by atoms with Crippen molar-refractivity contribution < 1.29 is 9.53 Å². The first-order valence-electron chi connectivity index (χ1n) is 6.53. The molecule has 6 heteroatoms. The first-order chi connectivity index (χ1) is 9.19. The lowest BCUT2D eigenvalue weighted by molar-refractivity contribution is 0.166. The summed E-state index contributed by atoms with van der Waals surface area (Å²) >= 11 is 7.35. The quantitative estimate of drug-likeness (QED) is 0.908. The van der Waals surface area contributed by atoms with Gasteiger partial charge < -0.3 is 15.0 Å². The molecule has 1 fully saturated rings. The second-order valence-corrected chi connectivity index (χ2v) is 6.43. The van der Waals surface area contributed by atoms with Gasteiger partial charge in [0.1, 0.15) is 0 Å². The van der Waals surface area contributed by atoms with Crippen LogP contribution in [0.3, 0.4) is 0 Å². The van der Waals surface area contributed by atoms with Crippen molar-refractivity contribution in [1.29, 1.82) is 0 Å². The maximum absolute atomic E-state index is 12.1. The Hall–Kier alpha value is -0.780. The van der Waals surface area contributed by atoms with E-state index in [4.69, 9.17) is 16.3 Å². The standard InChI is InChI=1S/C13H19ClN2O2S/c1-2-16(8-10-5-6-18-9-10)13(17)15-7-11-3-4-12(14)19-11/h3-4,10H,2,5-9H2,1H3,(H,15,17)/t10-/m1/s1. The maximum Gasteiger partial charge on any atom is 0.317 e. The predicted molar refractivity (Wildman–Crippen MR) is 77.7 cm³/mol. The van der Waals surface area contributed by atoms with Crippen LogP contribution in [0.15, 0.2) is 12.1 Å². The Morgan fingerprint density at radius 1 is 1.63 bits per heavy atom. The molecule has 0 aliphatic carbocycles. The van der Waals surface area contributed by atoms with E-state index in [1.165, 1.54) is 11.3 Å². The van der Waals surface area contributed by atoms with Crippen molar-refractivity contribution in [2.24, 2.45) is 5.92 Å². The SMILES string of the molecule is CCN(C[C@H]1CCOC1)C(=O)NCc1ccc(Cl)s1. The van der Waals surface area contributed by atoms with Crippen molar-refractivity contribution in [2.45, 2.75) is 19.9 Å². The van der Waals surface area contributed by atoms with Crippen LogP contribution in [0.4, 0.5) is 4.79 Å². The third-order valence-corrected chi connectivity index (χ3v) is 4.45. The van der Waals surface area contributed by atoms with Crippen LogP contribution in [0.1, 0.15) is 18.2 Å². The molecule has 0 aromatic carbocycles. The molecule has 1 aliphatic rings. The third-order valence-electron chi connectivity index (χ3n) is 3.21. The van der Waals surface area contributed by atoms with E-state index in [0.717, 1.165) is 35.4 Å². The Kier molecular flexibility index (Phi) is 5.48. The van der Waals surface area contributed by atoms with Crippen LogP contribution in [0.25, 0.3) is 0 Å². The van der Waals surface area contributed by atoms with E-state index in [1.54, 1.807) is 0 Å². The number of hydrogen-bond acceptors (Lipinski definition) is 3. The average Bonchev–Trinajstić information content (AvgIpc) is 3.04. The topological polar surface area (TPSA) is 41.6 Å². The van der Waals surface area contributed by atoms with Crippen molar-refractivity contribution in [3.63, 3.8) is 0 Å². The highest BCUT2D eigenvalue weighted by Crippen LogP contribution is 2.21. The maximum atomic E-state index is 12.1.